The summed E-state index contributed by atoms with van der Waals surface area (Å²) in [6.07, 6.45) is 0. The Morgan fingerprint density at radius 2 is 1.70 bits per heavy atom. The molecule has 5 heteroatoms. The molecular weight excluding hydrogens is 264 g/mol. The Morgan fingerprint density at radius 1 is 1.05 bits per heavy atom. The summed E-state index contributed by atoms with van der Waals surface area (Å²) in [6, 6.07) is 9.73. The molecule has 0 fully saturated rings. The van der Waals surface area contributed by atoms with Crippen molar-refractivity contribution >= 4 is 0 Å². The van der Waals surface area contributed by atoms with Gasteiger partial charge in [0, 0.05) is 13.1 Å². The predicted octanol–water partition coefficient (Wildman–Crippen LogP) is 2.97. The molecule has 0 aliphatic heterocycles. The molecule has 2 N–H and O–H groups in total. The molecule has 0 spiro atoms. The van der Waals surface area contributed by atoms with E-state index in [1.54, 1.807) is 7.11 Å². The highest BCUT2D eigenvalue weighted by Crippen LogP contribution is 2.21. The van der Waals surface area contributed by atoms with Gasteiger partial charge in [0.05, 0.1) is 7.11 Å². The summed E-state index contributed by atoms with van der Waals surface area (Å²) < 4.78 is 31.4. The summed E-state index contributed by atoms with van der Waals surface area (Å²) in [4.78, 5) is 0. The van der Waals surface area contributed by atoms with Crippen LogP contribution in [0.3, 0.4) is 0 Å². The summed E-state index contributed by atoms with van der Waals surface area (Å²) in [5.74, 6) is -2.10. The van der Waals surface area contributed by atoms with Gasteiger partial charge in [-0.2, -0.15) is 0 Å². The number of rotatable bonds is 5. The second kappa shape index (κ2) is 6.34. The molecule has 0 atom stereocenters. The van der Waals surface area contributed by atoms with Crippen LogP contribution < -0.4 is 10.1 Å². The van der Waals surface area contributed by atoms with Gasteiger partial charge in [0.1, 0.15) is 5.75 Å². The van der Waals surface area contributed by atoms with Crippen molar-refractivity contribution in [2.75, 3.05) is 7.11 Å². The summed E-state index contributed by atoms with van der Waals surface area (Å²) in [7, 11) is 1.59. The lowest BCUT2D eigenvalue weighted by molar-refractivity contribution is 0.395. The maximum Gasteiger partial charge on any atom is 0.187 e. The lowest BCUT2D eigenvalue weighted by Gasteiger charge is -2.08. The molecule has 3 nitrogen and oxygen atoms in total. The van der Waals surface area contributed by atoms with Crippen molar-refractivity contribution in [2.24, 2.45) is 0 Å². The summed E-state index contributed by atoms with van der Waals surface area (Å²) >= 11 is 0. The van der Waals surface area contributed by atoms with Crippen LogP contribution in [0, 0.1) is 11.6 Å². The van der Waals surface area contributed by atoms with Crippen molar-refractivity contribution in [3.8, 4) is 11.5 Å². The van der Waals surface area contributed by atoms with E-state index < -0.39 is 17.4 Å². The minimum atomic E-state index is -0.955. The van der Waals surface area contributed by atoms with Gasteiger partial charge in [0.15, 0.2) is 17.4 Å². The monoisotopic (exact) mass is 279 g/mol. The molecule has 0 saturated carbocycles. The third kappa shape index (κ3) is 3.45. The van der Waals surface area contributed by atoms with E-state index in [4.69, 9.17) is 9.84 Å². The lowest BCUT2D eigenvalue weighted by Crippen LogP contribution is -2.13. The number of nitrogens with one attached hydrogen (secondary N) is 1. The number of methoxy groups -OCH3 is 1. The van der Waals surface area contributed by atoms with Crippen LogP contribution in [-0.2, 0) is 13.1 Å². The van der Waals surface area contributed by atoms with Gasteiger partial charge in [-0.15, -0.1) is 0 Å². The van der Waals surface area contributed by atoms with Crippen molar-refractivity contribution in [1.29, 1.82) is 0 Å². The van der Waals surface area contributed by atoms with Crippen LogP contribution in [-0.4, -0.2) is 12.2 Å². The van der Waals surface area contributed by atoms with Gasteiger partial charge in [0.2, 0.25) is 0 Å². The third-order valence-corrected chi connectivity index (χ3v) is 2.87. The Morgan fingerprint density at radius 3 is 2.35 bits per heavy atom. The zero-order valence-corrected chi connectivity index (χ0v) is 11.0. The van der Waals surface area contributed by atoms with Crippen LogP contribution >= 0.6 is 0 Å². The SMILES string of the molecule is COc1cccc(CNCc2cc(F)c(O)c(F)c2)c1. The maximum absolute atomic E-state index is 13.2. The quantitative estimate of drug-likeness (QED) is 0.884. The molecule has 0 amide bonds. The van der Waals surface area contributed by atoms with E-state index in [2.05, 4.69) is 5.32 Å². The van der Waals surface area contributed by atoms with Crippen molar-refractivity contribution in [3.63, 3.8) is 0 Å². The van der Waals surface area contributed by atoms with Crippen LogP contribution in [0.5, 0.6) is 11.5 Å². The first-order valence-corrected chi connectivity index (χ1v) is 6.10. The average Bonchev–Trinajstić information content (AvgIpc) is 2.45. The molecule has 0 heterocycles. The topological polar surface area (TPSA) is 41.5 Å². The van der Waals surface area contributed by atoms with Crippen LogP contribution in [0.1, 0.15) is 11.1 Å². The van der Waals surface area contributed by atoms with E-state index in [-0.39, 0.29) is 0 Å². The van der Waals surface area contributed by atoms with Crippen LogP contribution in [0.2, 0.25) is 0 Å². The Balaban J connectivity index is 1.95. The number of hydrogen-bond acceptors (Lipinski definition) is 3. The molecule has 0 bridgehead atoms. The Hall–Kier alpha value is -2.14. The second-order valence-corrected chi connectivity index (χ2v) is 4.36. The molecule has 0 aromatic heterocycles. The van der Waals surface area contributed by atoms with Gasteiger partial charge in [-0.1, -0.05) is 12.1 Å². The molecule has 2 aromatic rings. The number of aromatic hydroxyl groups is 1. The molecular formula is C15H15F2NO2. The van der Waals surface area contributed by atoms with Gasteiger partial charge in [-0.25, -0.2) is 8.78 Å². The molecule has 0 radical (unpaired) electrons. The fourth-order valence-corrected chi connectivity index (χ4v) is 1.85. The van der Waals surface area contributed by atoms with E-state index in [1.165, 1.54) is 0 Å². The largest absolute Gasteiger partial charge is 0.503 e. The van der Waals surface area contributed by atoms with Gasteiger partial charge in [0.25, 0.3) is 0 Å². The van der Waals surface area contributed by atoms with Crippen molar-refractivity contribution in [1.82, 2.24) is 5.32 Å². The van der Waals surface area contributed by atoms with Crippen molar-refractivity contribution in [3.05, 3.63) is 59.2 Å². The highest BCUT2D eigenvalue weighted by atomic mass is 19.1. The molecule has 20 heavy (non-hydrogen) atoms. The average molecular weight is 279 g/mol. The number of phenols is 1. The molecule has 2 aromatic carbocycles. The van der Waals surface area contributed by atoms with E-state index in [0.717, 1.165) is 23.4 Å². The highest BCUT2D eigenvalue weighted by molar-refractivity contribution is 5.30. The highest BCUT2D eigenvalue weighted by Gasteiger charge is 2.09. The number of phenolic OH excluding ortho intramolecular Hbond substituents is 1. The van der Waals surface area contributed by atoms with E-state index >= 15 is 0 Å². The number of hydrogen-bond donors (Lipinski definition) is 2. The number of ether oxygens (including phenoxy) is 1. The number of halogens is 2. The summed E-state index contributed by atoms with van der Waals surface area (Å²) in [5, 5.41) is 12.1. The molecule has 0 saturated heterocycles. The van der Waals surface area contributed by atoms with E-state index in [0.29, 0.717) is 18.7 Å². The summed E-state index contributed by atoms with van der Waals surface area (Å²) in [5.41, 5.74) is 1.43. The maximum atomic E-state index is 13.2. The fraction of sp³-hybridized carbons (Fsp3) is 0.200. The zero-order valence-electron chi connectivity index (χ0n) is 11.0. The lowest BCUT2D eigenvalue weighted by atomic mass is 10.2. The standard InChI is InChI=1S/C15H15F2NO2/c1-20-12-4-2-3-10(5-12)8-18-9-11-6-13(16)15(19)14(17)7-11/h2-7,18-19H,8-9H2,1H3. The van der Waals surface area contributed by atoms with Crippen molar-refractivity contribution in [2.45, 2.75) is 13.1 Å². The molecule has 2 rings (SSSR count). The molecule has 106 valence electrons. The van der Waals surface area contributed by atoms with Gasteiger partial charge >= 0.3 is 0 Å². The second-order valence-electron chi connectivity index (χ2n) is 4.36. The zero-order chi connectivity index (χ0) is 14.5. The first kappa shape index (κ1) is 14.3. The Labute approximate surface area is 115 Å². The minimum Gasteiger partial charge on any atom is -0.503 e. The first-order valence-electron chi connectivity index (χ1n) is 6.10. The normalized spacial score (nSPS) is 10.6. The van der Waals surface area contributed by atoms with Crippen LogP contribution in [0.25, 0.3) is 0 Å². The van der Waals surface area contributed by atoms with Gasteiger partial charge in [-0.3, -0.25) is 0 Å². The van der Waals surface area contributed by atoms with E-state index in [1.807, 2.05) is 24.3 Å². The number of benzene rings is 2. The van der Waals surface area contributed by atoms with E-state index in [9.17, 15) is 8.78 Å². The smallest absolute Gasteiger partial charge is 0.187 e. The molecule has 0 unspecified atom stereocenters. The first-order chi connectivity index (χ1) is 9.60. The Bertz CT molecular complexity index is 579. The van der Waals surface area contributed by atoms with Gasteiger partial charge < -0.3 is 15.2 Å². The van der Waals surface area contributed by atoms with Crippen LogP contribution in [0.15, 0.2) is 36.4 Å². The molecule has 0 aliphatic rings. The molecule has 0 aliphatic carbocycles. The predicted molar refractivity (Wildman–Crippen MR) is 71.6 cm³/mol. The fourth-order valence-electron chi connectivity index (χ4n) is 1.85. The minimum absolute atomic E-state index is 0.297. The third-order valence-electron chi connectivity index (χ3n) is 2.87. The van der Waals surface area contributed by atoms with Gasteiger partial charge in [-0.05, 0) is 35.4 Å². The van der Waals surface area contributed by atoms with Crippen LogP contribution in [0.4, 0.5) is 8.78 Å². The summed E-state index contributed by atoms with van der Waals surface area (Å²) in [6.45, 7) is 0.840. The van der Waals surface area contributed by atoms with Crippen molar-refractivity contribution < 1.29 is 18.6 Å². The Kier molecular flexibility index (Phi) is 4.53.